The van der Waals surface area contributed by atoms with Crippen molar-refractivity contribution in [2.24, 2.45) is 0 Å². The highest BCUT2D eigenvalue weighted by atomic mass is 16.5. The van der Waals surface area contributed by atoms with Crippen molar-refractivity contribution in [3.05, 3.63) is 35.4 Å². The van der Waals surface area contributed by atoms with Crippen molar-refractivity contribution in [1.29, 1.82) is 0 Å². The van der Waals surface area contributed by atoms with Crippen molar-refractivity contribution < 1.29 is 9.53 Å². The van der Waals surface area contributed by atoms with Gasteiger partial charge < -0.3 is 4.74 Å². The third-order valence-corrected chi connectivity index (χ3v) is 2.89. The van der Waals surface area contributed by atoms with Gasteiger partial charge in [0.25, 0.3) is 0 Å². The van der Waals surface area contributed by atoms with Gasteiger partial charge in [-0.05, 0) is 30.0 Å². The average molecular weight is 220 g/mol. The average Bonchev–Trinajstić information content (AvgIpc) is 2.35. The van der Waals surface area contributed by atoms with Crippen LogP contribution < -0.4 is 0 Å². The summed E-state index contributed by atoms with van der Waals surface area (Å²) < 4.78 is 4.66. The molecule has 0 fully saturated rings. The predicted molar refractivity (Wildman–Crippen MR) is 65.7 cm³/mol. The number of carbonyl (C=O) groups excluding carboxylic acids is 1. The summed E-state index contributed by atoms with van der Waals surface area (Å²) in [5.74, 6) is 0.291. The number of hydrogen-bond acceptors (Lipinski definition) is 2. The van der Waals surface area contributed by atoms with Crippen molar-refractivity contribution in [3.63, 3.8) is 0 Å². The van der Waals surface area contributed by atoms with Crippen molar-refractivity contribution in [3.8, 4) is 0 Å². The van der Waals surface area contributed by atoms with E-state index in [4.69, 9.17) is 0 Å². The molecule has 2 heteroatoms. The van der Waals surface area contributed by atoms with E-state index in [0.717, 1.165) is 0 Å². The van der Waals surface area contributed by atoms with Crippen LogP contribution in [0.4, 0.5) is 0 Å². The van der Waals surface area contributed by atoms with Gasteiger partial charge in [-0.15, -0.1) is 0 Å². The van der Waals surface area contributed by atoms with Crippen LogP contribution in [0.5, 0.6) is 0 Å². The van der Waals surface area contributed by atoms with Gasteiger partial charge in [0.1, 0.15) is 0 Å². The highest BCUT2D eigenvalue weighted by Crippen LogP contribution is 2.21. The standard InChI is InChI=1S/C14H20O2/c1-4-5-6-11(2)12-7-9-13(10-8-12)14(15)16-3/h7-11H,4-6H2,1-3H3. The van der Waals surface area contributed by atoms with Crippen LogP contribution in [0.2, 0.25) is 0 Å². The molecule has 16 heavy (non-hydrogen) atoms. The number of rotatable bonds is 5. The van der Waals surface area contributed by atoms with E-state index in [1.54, 1.807) is 0 Å². The molecule has 0 saturated heterocycles. The van der Waals surface area contributed by atoms with Crippen LogP contribution in [0.15, 0.2) is 24.3 Å². The summed E-state index contributed by atoms with van der Waals surface area (Å²) in [5.41, 5.74) is 1.91. The van der Waals surface area contributed by atoms with E-state index in [1.807, 2.05) is 24.3 Å². The van der Waals surface area contributed by atoms with Gasteiger partial charge in [0.2, 0.25) is 0 Å². The SMILES string of the molecule is CCCCC(C)c1ccc(C(=O)OC)cc1. The number of unbranched alkanes of at least 4 members (excludes halogenated alkanes) is 1. The summed E-state index contributed by atoms with van der Waals surface area (Å²) in [4.78, 5) is 11.2. The maximum absolute atomic E-state index is 11.2. The van der Waals surface area contributed by atoms with Gasteiger partial charge in [0.05, 0.1) is 12.7 Å². The van der Waals surface area contributed by atoms with Crippen LogP contribution in [-0.2, 0) is 4.74 Å². The van der Waals surface area contributed by atoms with Crippen molar-refractivity contribution in [1.82, 2.24) is 0 Å². The Hall–Kier alpha value is -1.31. The molecule has 0 aliphatic rings. The first-order valence-electron chi connectivity index (χ1n) is 5.87. The molecule has 0 aliphatic heterocycles. The molecule has 0 aliphatic carbocycles. The molecule has 1 unspecified atom stereocenters. The van der Waals surface area contributed by atoms with E-state index in [-0.39, 0.29) is 5.97 Å². The lowest BCUT2D eigenvalue weighted by atomic mass is 9.95. The maximum atomic E-state index is 11.2. The molecule has 0 aromatic heterocycles. The molecule has 1 rings (SSSR count). The summed E-state index contributed by atoms with van der Waals surface area (Å²) in [6, 6.07) is 7.71. The van der Waals surface area contributed by atoms with Gasteiger partial charge in [0.15, 0.2) is 0 Å². The fourth-order valence-electron chi connectivity index (χ4n) is 1.74. The molecule has 0 spiro atoms. The Bertz CT molecular complexity index is 327. The number of hydrogen-bond donors (Lipinski definition) is 0. The van der Waals surface area contributed by atoms with Crippen molar-refractivity contribution in [2.75, 3.05) is 7.11 Å². The molecule has 0 saturated carbocycles. The Morgan fingerprint density at radius 1 is 1.31 bits per heavy atom. The number of benzene rings is 1. The number of ether oxygens (including phenoxy) is 1. The third-order valence-electron chi connectivity index (χ3n) is 2.89. The van der Waals surface area contributed by atoms with E-state index < -0.39 is 0 Å². The lowest BCUT2D eigenvalue weighted by Crippen LogP contribution is -2.01. The minimum atomic E-state index is -0.271. The Morgan fingerprint density at radius 3 is 2.44 bits per heavy atom. The van der Waals surface area contributed by atoms with Crippen LogP contribution >= 0.6 is 0 Å². The second kappa shape index (κ2) is 6.31. The predicted octanol–water partition coefficient (Wildman–Crippen LogP) is 3.77. The summed E-state index contributed by atoms with van der Waals surface area (Å²) in [5, 5.41) is 0. The number of methoxy groups -OCH3 is 1. The fraction of sp³-hybridized carbons (Fsp3) is 0.500. The van der Waals surface area contributed by atoms with E-state index in [1.165, 1.54) is 31.9 Å². The van der Waals surface area contributed by atoms with Crippen LogP contribution in [-0.4, -0.2) is 13.1 Å². The zero-order valence-corrected chi connectivity index (χ0v) is 10.3. The van der Waals surface area contributed by atoms with E-state index >= 15 is 0 Å². The molecule has 1 aromatic carbocycles. The number of carbonyl (C=O) groups is 1. The van der Waals surface area contributed by atoms with Gasteiger partial charge in [-0.25, -0.2) is 4.79 Å². The van der Waals surface area contributed by atoms with E-state index in [2.05, 4.69) is 18.6 Å². The van der Waals surface area contributed by atoms with Crippen molar-refractivity contribution >= 4 is 5.97 Å². The fourth-order valence-corrected chi connectivity index (χ4v) is 1.74. The highest BCUT2D eigenvalue weighted by molar-refractivity contribution is 5.89. The molecule has 88 valence electrons. The molecule has 0 N–H and O–H groups in total. The molecule has 0 heterocycles. The second-order valence-electron chi connectivity index (χ2n) is 4.16. The zero-order valence-electron chi connectivity index (χ0n) is 10.3. The van der Waals surface area contributed by atoms with E-state index in [9.17, 15) is 4.79 Å². The second-order valence-corrected chi connectivity index (χ2v) is 4.16. The quantitative estimate of drug-likeness (QED) is 0.706. The minimum absolute atomic E-state index is 0.271. The zero-order chi connectivity index (χ0) is 12.0. The Kier molecular flexibility index (Phi) is 5.03. The van der Waals surface area contributed by atoms with Gasteiger partial charge in [-0.1, -0.05) is 38.8 Å². The molecule has 0 radical (unpaired) electrons. The summed E-state index contributed by atoms with van der Waals surface area (Å²) in [7, 11) is 1.40. The molecule has 0 bridgehead atoms. The van der Waals surface area contributed by atoms with Gasteiger partial charge >= 0.3 is 5.97 Å². The molecule has 1 aromatic rings. The third kappa shape index (κ3) is 3.37. The Balaban J connectivity index is 2.67. The monoisotopic (exact) mass is 220 g/mol. The van der Waals surface area contributed by atoms with Gasteiger partial charge in [0, 0.05) is 0 Å². The first-order valence-corrected chi connectivity index (χ1v) is 5.87. The topological polar surface area (TPSA) is 26.3 Å². The molecule has 2 nitrogen and oxygen atoms in total. The maximum Gasteiger partial charge on any atom is 0.337 e. The van der Waals surface area contributed by atoms with Crippen molar-refractivity contribution in [2.45, 2.75) is 39.0 Å². The lowest BCUT2D eigenvalue weighted by Gasteiger charge is -2.11. The smallest absolute Gasteiger partial charge is 0.337 e. The van der Waals surface area contributed by atoms with Crippen LogP contribution in [0.25, 0.3) is 0 Å². The molecule has 1 atom stereocenters. The van der Waals surface area contributed by atoms with Gasteiger partial charge in [-0.2, -0.15) is 0 Å². The van der Waals surface area contributed by atoms with Crippen LogP contribution in [0.3, 0.4) is 0 Å². The minimum Gasteiger partial charge on any atom is -0.465 e. The van der Waals surface area contributed by atoms with E-state index in [0.29, 0.717) is 11.5 Å². The highest BCUT2D eigenvalue weighted by Gasteiger charge is 2.07. The summed E-state index contributed by atoms with van der Waals surface area (Å²) in [6.45, 7) is 4.43. The Labute approximate surface area is 97.6 Å². The first kappa shape index (κ1) is 12.8. The summed E-state index contributed by atoms with van der Waals surface area (Å²) >= 11 is 0. The Morgan fingerprint density at radius 2 is 1.94 bits per heavy atom. The van der Waals surface area contributed by atoms with Gasteiger partial charge in [-0.3, -0.25) is 0 Å². The number of esters is 1. The molecule has 0 amide bonds. The van der Waals surface area contributed by atoms with Crippen LogP contribution in [0, 0.1) is 0 Å². The largest absolute Gasteiger partial charge is 0.465 e. The van der Waals surface area contributed by atoms with Crippen LogP contribution in [0.1, 0.15) is 54.9 Å². The normalized spacial score (nSPS) is 12.2. The summed E-state index contributed by atoms with van der Waals surface area (Å²) in [6.07, 6.45) is 3.68. The first-order chi connectivity index (χ1) is 7.69. The lowest BCUT2D eigenvalue weighted by molar-refractivity contribution is 0.0600. The molecular formula is C14H20O2. The molecular weight excluding hydrogens is 200 g/mol.